The van der Waals surface area contributed by atoms with Crippen LogP contribution in [0.5, 0.6) is 0 Å². The van der Waals surface area contributed by atoms with Crippen molar-refractivity contribution in [2.75, 3.05) is 5.32 Å². The van der Waals surface area contributed by atoms with Gasteiger partial charge in [0.2, 0.25) is 0 Å². The smallest absolute Gasteiger partial charge is 0.101 e. The van der Waals surface area contributed by atoms with Crippen LogP contribution in [-0.4, -0.2) is 4.98 Å². The van der Waals surface area contributed by atoms with Gasteiger partial charge < -0.3 is 5.32 Å². The Bertz CT molecular complexity index is 869. The van der Waals surface area contributed by atoms with Crippen LogP contribution in [0.3, 0.4) is 0 Å². The number of para-hydroxylation sites is 1. The van der Waals surface area contributed by atoms with E-state index in [0.29, 0.717) is 5.56 Å². The summed E-state index contributed by atoms with van der Waals surface area (Å²) in [7, 11) is 0. The van der Waals surface area contributed by atoms with E-state index in [2.05, 4.69) is 48.2 Å². The SMILES string of the molecule is N#Cc1cc(Br)ccc1Nc1cccc2cc(Br)cnc12. The Hall–Kier alpha value is -1.90. The minimum Gasteiger partial charge on any atom is -0.353 e. The van der Waals surface area contributed by atoms with Gasteiger partial charge in [-0.05, 0) is 46.3 Å². The number of anilines is 2. The molecule has 0 atom stereocenters. The number of hydrogen-bond acceptors (Lipinski definition) is 3. The number of aromatic nitrogens is 1. The van der Waals surface area contributed by atoms with E-state index in [1.54, 1.807) is 12.3 Å². The maximum Gasteiger partial charge on any atom is 0.101 e. The highest BCUT2D eigenvalue weighted by Gasteiger charge is 2.07. The summed E-state index contributed by atoms with van der Waals surface area (Å²) in [5, 5.41) is 13.6. The second-order valence-corrected chi connectivity index (χ2v) is 6.29. The lowest BCUT2D eigenvalue weighted by molar-refractivity contribution is 1.38. The van der Waals surface area contributed by atoms with Crippen molar-refractivity contribution in [3.8, 4) is 6.07 Å². The van der Waals surface area contributed by atoms with Crippen molar-refractivity contribution in [2.24, 2.45) is 0 Å². The molecule has 0 spiro atoms. The standard InChI is InChI=1S/C16H9Br2N3/c17-12-4-5-14(11(7-12)8-19)21-15-3-1-2-10-6-13(18)9-20-16(10)15/h1-7,9,21H. The summed E-state index contributed by atoms with van der Waals surface area (Å²) in [6.45, 7) is 0. The molecule has 0 amide bonds. The number of hydrogen-bond donors (Lipinski definition) is 1. The number of benzene rings is 2. The second kappa shape index (κ2) is 5.84. The van der Waals surface area contributed by atoms with E-state index in [-0.39, 0.29) is 0 Å². The van der Waals surface area contributed by atoms with E-state index in [9.17, 15) is 5.26 Å². The van der Waals surface area contributed by atoms with Gasteiger partial charge in [-0.2, -0.15) is 5.26 Å². The molecule has 3 rings (SSSR count). The minimum atomic E-state index is 0.582. The molecule has 0 unspecified atom stereocenters. The Morgan fingerprint density at radius 3 is 2.67 bits per heavy atom. The molecule has 5 heteroatoms. The van der Waals surface area contributed by atoms with Crippen LogP contribution in [0.25, 0.3) is 10.9 Å². The first-order chi connectivity index (χ1) is 10.2. The van der Waals surface area contributed by atoms with Gasteiger partial charge in [0.05, 0.1) is 22.5 Å². The summed E-state index contributed by atoms with van der Waals surface area (Å²) in [5.74, 6) is 0. The summed E-state index contributed by atoms with van der Waals surface area (Å²) >= 11 is 6.80. The average Bonchev–Trinajstić information content (AvgIpc) is 2.49. The van der Waals surface area contributed by atoms with Crippen molar-refractivity contribution >= 4 is 54.1 Å². The number of nitrogens with zero attached hydrogens (tertiary/aromatic N) is 2. The summed E-state index contributed by atoms with van der Waals surface area (Å²) < 4.78 is 1.82. The molecular formula is C16H9Br2N3. The number of fused-ring (bicyclic) bond motifs is 1. The van der Waals surface area contributed by atoms with E-state index in [1.807, 2.05) is 36.4 Å². The van der Waals surface area contributed by atoms with Gasteiger partial charge in [0.1, 0.15) is 6.07 Å². The minimum absolute atomic E-state index is 0.582. The molecule has 2 aromatic carbocycles. The lowest BCUT2D eigenvalue weighted by atomic mass is 10.1. The van der Waals surface area contributed by atoms with E-state index < -0.39 is 0 Å². The van der Waals surface area contributed by atoms with Crippen LogP contribution in [0.2, 0.25) is 0 Å². The Morgan fingerprint density at radius 1 is 1.00 bits per heavy atom. The third-order valence-corrected chi connectivity index (χ3v) is 3.98. The molecule has 3 nitrogen and oxygen atoms in total. The average molecular weight is 403 g/mol. The second-order valence-electron chi connectivity index (χ2n) is 4.46. The van der Waals surface area contributed by atoms with E-state index >= 15 is 0 Å². The van der Waals surface area contributed by atoms with Crippen molar-refractivity contribution in [1.29, 1.82) is 5.26 Å². The number of halogens is 2. The normalized spacial score (nSPS) is 10.3. The van der Waals surface area contributed by atoms with Crippen LogP contribution in [0.15, 0.2) is 57.6 Å². The largest absolute Gasteiger partial charge is 0.353 e. The van der Waals surface area contributed by atoms with Crippen LogP contribution < -0.4 is 5.32 Å². The first kappa shape index (κ1) is 14.1. The zero-order valence-corrected chi connectivity index (χ0v) is 13.9. The molecular weight excluding hydrogens is 394 g/mol. The molecule has 0 aliphatic rings. The van der Waals surface area contributed by atoms with Gasteiger partial charge in [-0.3, -0.25) is 4.98 Å². The molecule has 0 aliphatic carbocycles. The van der Waals surface area contributed by atoms with Gasteiger partial charge in [-0.15, -0.1) is 0 Å². The monoisotopic (exact) mass is 401 g/mol. The molecule has 1 heterocycles. The lowest BCUT2D eigenvalue weighted by Crippen LogP contribution is -1.95. The Morgan fingerprint density at radius 2 is 1.86 bits per heavy atom. The Balaban J connectivity index is 2.09. The number of rotatable bonds is 2. The molecule has 0 aliphatic heterocycles. The summed E-state index contributed by atoms with van der Waals surface area (Å²) in [6.07, 6.45) is 1.76. The van der Waals surface area contributed by atoms with Gasteiger partial charge in [-0.1, -0.05) is 28.1 Å². The summed E-state index contributed by atoms with van der Waals surface area (Å²) in [5.41, 5.74) is 3.09. The fourth-order valence-electron chi connectivity index (χ4n) is 2.10. The first-order valence-electron chi connectivity index (χ1n) is 6.18. The number of nitriles is 1. The molecule has 0 saturated heterocycles. The fourth-order valence-corrected chi connectivity index (χ4v) is 2.81. The van der Waals surface area contributed by atoms with Crippen molar-refractivity contribution in [3.63, 3.8) is 0 Å². The van der Waals surface area contributed by atoms with Crippen molar-refractivity contribution in [1.82, 2.24) is 4.98 Å². The van der Waals surface area contributed by atoms with Crippen molar-refractivity contribution < 1.29 is 0 Å². The Kier molecular flexibility index (Phi) is 3.91. The van der Waals surface area contributed by atoms with Gasteiger partial charge in [-0.25, -0.2) is 0 Å². The quantitative estimate of drug-likeness (QED) is 0.626. The summed E-state index contributed by atoms with van der Waals surface area (Å²) in [6, 6.07) is 15.7. The molecule has 21 heavy (non-hydrogen) atoms. The lowest BCUT2D eigenvalue weighted by Gasteiger charge is -2.11. The maximum absolute atomic E-state index is 9.24. The van der Waals surface area contributed by atoms with Crippen LogP contribution in [-0.2, 0) is 0 Å². The molecule has 1 N–H and O–H groups in total. The maximum atomic E-state index is 9.24. The van der Waals surface area contributed by atoms with Crippen LogP contribution >= 0.6 is 31.9 Å². The van der Waals surface area contributed by atoms with E-state index in [0.717, 1.165) is 31.2 Å². The van der Waals surface area contributed by atoms with Gasteiger partial charge in [0, 0.05) is 20.5 Å². The van der Waals surface area contributed by atoms with E-state index in [4.69, 9.17) is 0 Å². The molecule has 1 aromatic heterocycles. The van der Waals surface area contributed by atoms with Crippen molar-refractivity contribution in [2.45, 2.75) is 0 Å². The molecule has 0 bridgehead atoms. The molecule has 0 saturated carbocycles. The third kappa shape index (κ3) is 2.92. The molecule has 0 fully saturated rings. The zero-order chi connectivity index (χ0) is 14.8. The molecule has 102 valence electrons. The van der Waals surface area contributed by atoms with Crippen LogP contribution in [0.1, 0.15) is 5.56 Å². The topological polar surface area (TPSA) is 48.7 Å². The molecule has 0 radical (unpaired) electrons. The van der Waals surface area contributed by atoms with Gasteiger partial charge in [0.15, 0.2) is 0 Å². The van der Waals surface area contributed by atoms with Crippen molar-refractivity contribution in [3.05, 3.63) is 63.2 Å². The predicted octanol–water partition coefficient (Wildman–Crippen LogP) is 5.38. The zero-order valence-electron chi connectivity index (χ0n) is 10.8. The van der Waals surface area contributed by atoms with E-state index in [1.165, 1.54) is 0 Å². The number of nitrogens with one attached hydrogen (secondary N) is 1. The predicted molar refractivity (Wildman–Crippen MR) is 91.6 cm³/mol. The number of pyridine rings is 1. The van der Waals surface area contributed by atoms with Gasteiger partial charge >= 0.3 is 0 Å². The highest BCUT2D eigenvalue weighted by atomic mass is 79.9. The van der Waals surface area contributed by atoms with Crippen LogP contribution in [0, 0.1) is 11.3 Å². The summed E-state index contributed by atoms with van der Waals surface area (Å²) in [4.78, 5) is 4.45. The third-order valence-electron chi connectivity index (χ3n) is 3.05. The molecule has 3 aromatic rings. The van der Waals surface area contributed by atoms with Crippen LogP contribution in [0.4, 0.5) is 11.4 Å². The fraction of sp³-hybridized carbons (Fsp3) is 0. The highest BCUT2D eigenvalue weighted by molar-refractivity contribution is 9.10. The first-order valence-corrected chi connectivity index (χ1v) is 7.77. The van der Waals surface area contributed by atoms with Gasteiger partial charge in [0.25, 0.3) is 0 Å². The Labute approximate surface area is 138 Å². The highest BCUT2D eigenvalue weighted by Crippen LogP contribution is 2.29.